The van der Waals surface area contributed by atoms with E-state index in [1.54, 1.807) is 18.2 Å². The van der Waals surface area contributed by atoms with Crippen LogP contribution in [-0.4, -0.2) is 14.7 Å². The molecule has 5 N–H and O–H groups in total. The van der Waals surface area contributed by atoms with E-state index >= 15 is 0 Å². The average Bonchev–Trinajstić information content (AvgIpc) is 2.46. The molecule has 0 spiro atoms. The molecule has 0 atom stereocenters. The Kier molecular flexibility index (Phi) is 4.98. The van der Waals surface area contributed by atoms with Crippen molar-refractivity contribution in [2.24, 2.45) is 0 Å². The van der Waals surface area contributed by atoms with E-state index in [4.69, 9.17) is 29.4 Å². The SMILES string of the molecule is Nc1ccc2c(=O)cc(-c3ccccc3)oc2c1.O=P(O)(O)O. The van der Waals surface area contributed by atoms with Gasteiger partial charge in [-0.1, -0.05) is 30.3 Å². The molecular weight excluding hydrogens is 321 g/mol. The molecule has 0 radical (unpaired) electrons. The molecule has 2 aromatic carbocycles. The van der Waals surface area contributed by atoms with Crippen LogP contribution in [0.3, 0.4) is 0 Å². The largest absolute Gasteiger partial charge is 0.466 e. The molecule has 0 bridgehead atoms. The fourth-order valence-corrected chi connectivity index (χ4v) is 1.92. The number of nitrogens with two attached hydrogens (primary N) is 1. The molecule has 0 unspecified atom stereocenters. The lowest BCUT2D eigenvalue weighted by molar-refractivity contribution is 0.275. The summed E-state index contributed by atoms with van der Waals surface area (Å²) in [6.45, 7) is 0. The quantitative estimate of drug-likeness (QED) is 0.395. The number of fused-ring (bicyclic) bond motifs is 1. The van der Waals surface area contributed by atoms with Gasteiger partial charge >= 0.3 is 7.82 Å². The van der Waals surface area contributed by atoms with Crippen LogP contribution in [0.15, 0.2) is 63.8 Å². The predicted molar refractivity (Wildman–Crippen MR) is 86.6 cm³/mol. The number of benzene rings is 2. The molecule has 8 heteroatoms. The molecule has 23 heavy (non-hydrogen) atoms. The summed E-state index contributed by atoms with van der Waals surface area (Å²) in [7, 11) is -4.64. The lowest BCUT2D eigenvalue weighted by Gasteiger charge is -2.03. The van der Waals surface area contributed by atoms with Crippen molar-refractivity contribution in [1.82, 2.24) is 0 Å². The predicted octanol–water partition coefficient (Wildman–Crippen LogP) is 2.11. The van der Waals surface area contributed by atoms with Crippen LogP contribution in [0.2, 0.25) is 0 Å². The summed E-state index contributed by atoms with van der Waals surface area (Å²) in [5.41, 5.74) is 7.61. The van der Waals surface area contributed by atoms with E-state index in [2.05, 4.69) is 0 Å². The molecule has 0 amide bonds. The van der Waals surface area contributed by atoms with Gasteiger partial charge in [-0.3, -0.25) is 4.79 Å². The number of hydrogen-bond acceptors (Lipinski definition) is 4. The minimum atomic E-state index is -4.64. The van der Waals surface area contributed by atoms with Gasteiger partial charge in [-0.2, -0.15) is 0 Å². The highest BCUT2D eigenvalue weighted by Gasteiger charge is 2.06. The number of nitrogen functional groups attached to an aromatic ring is 1. The first-order chi connectivity index (χ1) is 10.7. The van der Waals surface area contributed by atoms with E-state index < -0.39 is 7.82 Å². The van der Waals surface area contributed by atoms with Crippen molar-refractivity contribution in [1.29, 1.82) is 0 Å². The maximum atomic E-state index is 12.0. The summed E-state index contributed by atoms with van der Waals surface area (Å²) in [6.07, 6.45) is 0. The second kappa shape index (κ2) is 6.76. The van der Waals surface area contributed by atoms with Crippen LogP contribution < -0.4 is 11.2 Å². The first-order valence-corrected chi connectivity index (χ1v) is 7.97. The van der Waals surface area contributed by atoms with Crippen molar-refractivity contribution < 1.29 is 23.7 Å². The van der Waals surface area contributed by atoms with Crippen molar-refractivity contribution in [2.45, 2.75) is 0 Å². The van der Waals surface area contributed by atoms with E-state index in [-0.39, 0.29) is 5.43 Å². The Morgan fingerprint density at radius 2 is 1.57 bits per heavy atom. The molecule has 3 rings (SSSR count). The number of rotatable bonds is 1. The highest BCUT2D eigenvalue weighted by atomic mass is 31.2. The van der Waals surface area contributed by atoms with Gasteiger partial charge in [0, 0.05) is 23.4 Å². The van der Waals surface area contributed by atoms with Gasteiger partial charge in [0.25, 0.3) is 0 Å². The molecule has 0 fully saturated rings. The van der Waals surface area contributed by atoms with E-state index in [0.717, 1.165) is 5.56 Å². The Labute approximate surface area is 130 Å². The van der Waals surface area contributed by atoms with E-state index in [1.165, 1.54) is 6.07 Å². The summed E-state index contributed by atoms with van der Waals surface area (Å²) in [6, 6.07) is 16.1. The molecule has 0 aliphatic heterocycles. The van der Waals surface area contributed by atoms with Gasteiger partial charge in [0.2, 0.25) is 0 Å². The number of phosphoric acid groups is 1. The smallest absolute Gasteiger partial charge is 0.456 e. The summed E-state index contributed by atoms with van der Waals surface area (Å²) in [5, 5.41) is 0.545. The number of anilines is 1. The molecular formula is C15H14NO6P. The monoisotopic (exact) mass is 335 g/mol. The Hall–Kier alpha value is -2.44. The van der Waals surface area contributed by atoms with E-state index in [0.29, 0.717) is 22.4 Å². The Morgan fingerprint density at radius 3 is 2.17 bits per heavy atom. The van der Waals surface area contributed by atoms with Crippen molar-refractivity contribution in [3.8, 4) is 11.3 Å². The lowest BCUT2D eigenvalue weighted by Crippen LogP contribution is -2.00. The third-order valence-electron chi connectivity index (χ3n) is 2.81. The molecule has 1 aromatic heterocycles. The van der Waals surface area contributed by atoms with Crippen LogP contribution in [0, 0.1) is 0 Å². The third kappa shape index (κ3) is 5.05. The Balaban J connectivity index is 0.000000338. The second-order valence-electron chi connectivity index (χ2n) is 4.61. The molecule has 0 aliphatic carbocycles. The minimum Gasteiger partial charge on any atom is -0.456 e. The zero-order chi connectivity index (χ0) is 17.0. The zero-order valence-electron chi connectivity index (χ0n) is 11.8. The highest BCUT2D eigenvalue weighted by molar-refractivity contribution is 7.45. The Bertz CT molecular complexity index is 908. The number of hydrogen-bond donors (Lipinski definition) is 4. The minimum absolute atomic E-state index is 0.0601. The topological polar surface area (TPSA) is 134 Å². The Morgan fingerprint density at radius 1 is 0.957 bits per heavy atom. The molecule has 3 aromatic rings. The van der Waals surface area contributed by atoms with Crippen LogP contribution in [0.1, 0.15) is 0 Å². The van der Waals surface area contributed by atoms with E-state index in [1.807, 2.05) is 30.3 Å². The average molecular weight is 335 g/mol. The summed E-state index contributed by atoms with van der Waals surface area (Å²) in [4.78, 5) is 33.5. The third-order valence-corrected chi connectivity index (χ3v) is 2.81. The van der Waals surface area contributed by atoms with Gasteiger partial charge in [-0.15, -0.1) is 0 Å². The van der Waals surface area contributed by atoms with Crippen LogP contribution in [0.5, 0.6) is 0 Å². The van der Waals surface area contributed by atoms with Crippen molar-refractivity contribution in [3.63, 3.8) is 0 Å². The fraction of sp³-hybridized carbons (Fsp3) is 0. The molecule has 1 heterocycles. The maximum Gasteiger partial charge on any atom is 0.466 e. The molecule has 0 saturated carbocycles. The van der Waals surface area contributed by atoms with Gasteiger partial charge < -0.3 is 24.8 Å². The molecule has 0 aliphatic rings. The van der Waals surface area contributed by atoms with Gasteiger partial charge in [0.15, 0.2) is 5.43 Å². The normalized spacial score (nSPS) is 10.9. The van der Waals surface area contributed by atoms with Gasteiger partial charge in [0.1, 0.15) is 11.3 Å². The van der Waals surface area contributed by atoms with Crippen molar-refractivity contribution >= 4 is 24.5 Å². The first kappa shape index (κ1) is 16.9. The van der Waals surface area contributed by atoms with Crippen LogP contribution in [0.4, 0.5) is 5.69 Å². The van der Waals surface area contributed by atoms with Crippen molar-refractivity contribution in [3.05, 3.63) is 64.8 Å². The van der Waals surface area contributed by atoms with E-state index in [9.17, 15) is 4.79 Å². The summed E-state index contributed by atoms with van der Waals surface area (Å²) >= 11 is 0. The maximum absolute atomic E-state index is 12.0. The van der Waals surface area contributed by atoms with Gasteiger partial charge in [0.05, 0.1) is 5.39 Å². The standard InChI is InChI=1S/C15H11NO2.H3O4P/c16-11-6-7-12-13(17)9-14(18-15(12)8-11)10-4-2-1-3-5-10;1-5(2,3)4/h1-9H,16H2;(H3,1,2,3,4). The molecule has 7 nitrogen and oxygen atoms in total. The fourth-order valence-electron chi connectivity index (χ4n) is 1.92. The summed E-state index contributed by atoms with van der Waals surface area (Å²) < 4.78 is 14.6. The summed E-state index contributed by atoms with van der Waals surface area (Å²) in [5.74, 6) is 0.554. The lowest BCUT2D eigenvalue weighted by atomic mass is 10.1. The molecule has 0 saturated heterocycles. The van der Waals surface area contributed by atoms with Crippen LogP contribution in [-0.2, 0) is 4.57 Å². The van der Waals surface area contributed by atoms with Gasteiger partial charge in [-0.25, -0.2) is 4.57 Å². The zero-order valence-corrected chi connectivity index (χ0v) is 12.7. The van der Waals surface area contributed by atoms with Gasteiger partial charge in [-0.05, 0) is 12.1 Å². The molecule has 120 valence electrons. The van der Waals surface area contributed by atoms with Crippen LogP contribution >= 0.6 is 7.82 Å². The van der Waals surface area contributed by atoms with Crippen molar-refractivity contribution in [2.75, 3.05) is 5.73 Å². The highest BCUT2D eigenvalue weighted by Crippen LogP contribution is 2.26. The van der Waals surface area contributed by atoms with Crippen LogP contribution in [0.25, 0.3) is 22.3 Å². The first-order valence-electron chi connectivity index (χ1n) is 6.41. The second-order valence-corrected chi connectivity index (χ2v) is 5.64.